The Balaban J connectivity index is 1.84. The molecule has 0 spiro atoms. The number of phenols is 1. The number of para-hydroxylation sites is 1. The number of phenolic OH excluding ortho intramolecular Hbond substituents is 1. The highest BCUT2D eigenvalue weighted by Gasteiger charge is 2.11. The van der Waals surface area contributed by atoms with Crippen LogP contribution in [0, 0.1) is 6.92 Å². The number of carbonyl (C=O) groups excluding carboxylic acids is 1. The number of ether oxygens (including phenoxy) is 1. The Morgan fingerprint density at radius 1 is 1.31 bits per heavy atom. The predicted octanol–water partition coefficient (Wildman–Crippen LogP) is 3.67. The molecule has 1 aromatic heterocycles. The molecule has 0 atom stereocenters. The lowest BCUT2D eigenvalue weighted by Crippen LogP contribution is -2.18. The Morgan fingerprint density at radius 3 is 2.85 bits per heavy atom. The number of aromatic hydroxyl groups is 1. The molecule has 7 heteroatoms. The van der Waals surface area contributed by atoms with Crippen LogP contribution in [-0.2, 0) is 0 Å². The van der Waals surface area contributed by atoms with Crippen LogP contribution in [-0.4, -0.2) is 29.3 Å². The topological polar surface area (TPSA) is 83.8 Å². The van der Waals surface area contributed by atoms with Crippen LogP contribution in [0.3, 0.4) is 0 Å². The quantitative estimate of drug-likeness (QED) is 0.543. The van der Waals surface area contributed by atoms with Gasteiger partial charge in [0.25, 0.3) is 5.91 Å². The highest BCUT2D eigenvalue weighted by Crippen LogP contribution is 2.34. The summed E-state index contributed by atoms with van der Waals surface area (Å²) >= 11 is 5.93. The fourth-order valence-electron chi connectivity index (χ4n) is 2.55. The van der Waals surface area contributed by atoms with Crippen molar-refractivity contribution in [1.29, 1.82) is 0 Å². The van der Waals surface area contributed by atoms with Crippen molar-refractivity contribution in [1.82, 2.24) is 10.4 Å². The number of nitrogens with one attached hydrogen (secondary N) is 1. The first-order valence-electron chi connectivity index (χ1n) is 7.76. The van der Waals surface area contributed by atoms with E-state index in [0.717, 1.165) is 16.6 Å². The molecule has 0 radical (unpaired) electrons. The summed E-state index contributed by atoms with van der Waals surface area (Å²) in [6.07, 6.45) is 1.42. The van der Waals surface area contributed by atoms with E-state index in [1.54, 1.807) is 12.1 Å². The van der Waals surface area contributed by atoms with Crippen molar-refractivity contribution < 1.29 is 14.6 Å². The van der Waals surface area contributed by atoms with Gasteiger partial charge in [0.2, 0.25) is 0 Å². The van der Waals surface area contributed by atoms with Gasteiger partial charge in [-0.05, 0) is 36.8 Å². The van der Waals surface area contributed by atoms with Crippen LogP contribution in [0.4, 0.5) is 0 Å². The number of aromatic nitrogens is 1. The lowest BCUT2D eigenvalue weighted by molar-refractivity contribution is 0.0956. The van der Waals surface area contributed by atoms with Crippen molar-refractivity contribution in [3.8, 4) is 11.5 Å². The van der Waals surface area contributed by atoms with E-state index in [1.807, 2.05) is 31.2 Å². The summed E-state index contributed by atoms with van der Waals surface area (Å²) in [4.78, 5) is 16.9. The second kappa shape index (κ2) is 7.41. The Morgan fingerprint density at radius 2 is 2.08 bits per heavy atom. The van der Waals surface area contributed by atoms with Gasteiger partial charge in [0.1, 0.15) is 0 Å². The number of carbonyl (C=O) groups is 1. The zero-order valence-electron chi connectivity index (χ0n) is 14.2. The summed E-state index contributed by atoms with van der Waals surface area (Å²) in [5.41, 5.74) is 5.05. The molecule has 3 rings (SSSR count). The summed E-state index contributed by atoms with van der Waals surface area (Å²) in [5, 5.41) is 14.6. The van der Waals surface area contributed by atoms with Gasteiger partial charge in [-0.25, -0.2) is 5.43 Å². The molecule has 26 heavy (non-hydrogen) atoms. The molecule has 0 fully saturated rings. The smallest absolute Gasteiger partial charge is 0.272 e. The molecule has 0 saturated heterocycles. The molecule has 132 valence electrons. The third-order valence-electron chi connectivity index (χ3n) is 3.74. The van der Waals surface area contributed by atoms with Crippen molar-refractivity contribution in [2.75, 3.05) is 7.11 Å². The molecule has 0 bridgehead atoms. The van der Waals surface area contributed by atoms with E-state index >= 15 is 0 Å². The molecule has 3 aromatic rings. The van der Waals surface area contributed by atoms with Gasteiger partial charge >= 0.3 is 0 Å². The molecule has 0 aliphatic heterocycles. The number of hydrogen-bond donors (Lipinski definition) is 2. The number of pyridine rings is 1. The molecular formula is C19H16ClN3O3. The third-order valence-corrected chi connectivity index (χ3v) is 4.03. The van der Waals surface area contributed by atoms with Crippen molar-refractivity contribution in [2.45, 2.75) is 6.92 Å². The van der Waals surface area contributed by atoms with Crippen LogP contribution < -0.4 is 10.2 Å². The van der Waals surface area contributed by atoms with Crippen LogP contribution in [0.25, 0.3) is 10.9 Å². The van der Waals surface area contributed by atoms with Crippen molar-refractivity contribution in [2.24, 2.45) is 5.10 Å². The Hall–Kier alpha value is -3.12. The molecule has 0 unspecified atom stereocenters. The van der Waals surface area contributed by atoms with Gasteiger partial charge in [-0.2, -0.15) is 5.10 Å². The average Bonchev–Trinajstić information content (AvgIpc) is 2.63. The van der Waals surface area contributed by atoms with E-state index in [2.05, 4.69) is 15.5 Å². The van der Waals surface area contributed by atoms with Crippen molar-refractivity contribution in [3.63, 3.8) is 0 Å². The van der Waals surface area contributed by atoms with Crippen molar-refractivity contribution in [3.05, 3.63) is 64.3 Å². The summed E-state index contributed by atoms with van der Waals surface area (Å²) in [6.45, 7) is 1.83. The maximum absolute atomic E-state index is 12.5. The van der Waals surface area contributed by atoms with Crippen LogP contribution in [0.1, 0.15) is 21.6 Å². The SMILES string of the molecule is COc1cc(/C=N/NC(=O)c2cc(C)nc3ccccc23)cc(Cl)c1O. The first-order valence-corrected chi connectivity index (χ1v) is 8.13. The molecule has 1 amide bonds. The lowest BCUT2D eigenvalue weighted by Gasteiger charge is -2.07. The third kappa shape index (κ3) is 3.60. The van der Waals surface area contributed by atoms with E-state index in [0.29, 0.717) is 11.1 Å². The van der Waals surface area contributed by atoms with Crippen LogP contribution >= 0.6 is 11.6 Å². The first kappa shape index (κ1) is 17.7. The highest BCUT2D eigenvalue weighted by atomic mass is 35.5. The number of hydrogen-bond acceptors (Lipinski definition) is 5. The second-order valence-corrected chi connectivity index (χ2v) is 5.99. The van der Waals surface area contributed by atoms with Crippen LogP contribution in [0.15, 0.2) is 47.6 Å². The van der Waals surface area contributed by atoms with Crippen LogP contribution in [0.5, 0.6) is 11.5 Å². The maximum Gasteiger partial charge on any atom is 0.272 e. The number of methoxy groups -OCH3 is 1. The number of halogens is 1. The summed E-state index contributed by atoms with van der Waals surface area (Å²) in [7, 11) is 1.42. The maximum atomic E-state index is 12.5. The Kier molecular flexibility index (Phi) is 5.04. The second-order valence-electron chi connectivity index (χ2n) is 5.58. The molecule has 0 saturated carbocycles. The normalized spacial score (nSPS) is 11.0. The van der Waals surface area contributed by atoms with E-state index in [9.17, 15) is 9.90 Å². The minimum Gasteiger partial charge on any atom is -0.503 e. The number of benzene rings is 2. The van der Waals surface area contributed by atoms with Crippen LogP contribution in [0.2, 0.25) is 5.02 Å². The molecule has 1 heterocycles. The van der Waals surface area contributed by atoms with E-state index in [-0.39, 0.29) is 22.4 Å². The standard InChI is InChI=1S/C19H16ClN3O3/c1-11-7-14(13-5-3-4-6-16(13)22-11)19(25)23-21-10-12-8-15(20)18(24)17(9-12)26-2/h3-10,24H,1-2H3,(H,23,25)/b21-10+. The molecule has 6 nitrogen and oxygen atoms in total. The van der Waals surface area contributed by atoms with Gasteiger partial charge in [-0.3, -0.25) is 9.78 Å². The van der Waals surface area contributed by atoms with Gasteiger partial charge in [0.05, 0.1) is 29.4 Å². The fourth-order valence-corrected chi connectivity index (χ4v) is 2.76. The fraction of sp³-hybridized carbons (Fsp3) is 0.105. The number of hydrazone groups is 1. The minimum absolute atomic E-state index is 0.132. The zero-order chi connectivity index (χ0) is 18.7. The van der Waals surface area contributed by atoms with E-state index in [1.165, 1.54) is 19.4 Å². The first-order chi connectivity index (χ1) is 12.5. The number of rotatable bonds is 4. The average molecular weight is 370 g/mol. The number of aryl methyl sites for hydroxylation is 1. The Bertz CT molecular complexity index is 1020. The monoisotopic (exact) mass is 369 g/mol. The summed E-state index contributed by atoms with van der Waals surface area (Å²) < 4.78 is 5.03. The molecular weight excluding hydrogens is 354 g/mol. The summed E-state index contributed by atoms with van der Waals surface area (Å²) in [6, 6.07) is 12.2. The number of fused-ring (bicyclic) bond motifs is 1. The van der Waals surface area contributed by atoms with Gasteiger partial charge in [-0.1, -0.05) is 29.8 Å². The van der Waals surface area contributed by atoms with E-state index < -0.39 is 0 Å². The highest BCUT2D eigenvalue weighted by molar-refractivity contribution is 6.32. The molecule has 2 aromatic carbocycles. The predicted molar refractivity (Wildman–Crippen MR) is 101 cm³/mol. The van der Waals surface area contributed by atoms with E-state index in [4.69, 9.17) is 16.3 Å². The molecule has 0 aliphatic carbocycles. The van der Waals surface area contributed by atoms with Gasteiger partial charge < -0.3 is 9.84 Å². The summed E-state index contributed by atoms with van der Waals surface area (Å²) in [5.74, 6) is -0.269. The minimum atomic E-state index is -0.347. The molecule has 2 N–H and O–H groups in total. The van der Waals surface area contributed by atoms with Gasteiger partial charge in [-0.15, -0.1) is 0 Å². The zero-order valence-corrected chi connectivity index (χ0v) is 14.9. The van der Waals surface area contributed by atoms with Gasteiger partial charge in [0, 0.05) is 11.1 Å². The Labute approximate surface area is 155 Å². The molecule has 0 aliphatic rings. The number of amides is 1. The van der Waals surface area contributed by atoms with Gasteiger partial charge in [0.15, 0.2) is 11.5 Å². The van der Waals surface area contributed by atoms with Crippen molar-refractivity contribution >= 4 is 34.6 Å². The number of nitrogens with zero attached hydrogens (tertiary/aromatic N) is 2. The lowest BCUT2D eigenvalue weighted by atomic mass is 10.1. The largest absolute Gasteiger partial charge is 0.503 e.